The number of hydrogen-bond donors (Lipinski definition) is 0. The highest BCUT2D eigenvalue weighted by Gasteiger charge is 2.17. The second-order valence-corrected chi connectivity index (χ2v) is 5.79. The summed E-state index contributed by atoms with van der Waals surface area (Å²) in [6.45, 7) is 4.09. The Bertz CT molecular complexity index is 762. The lowest BCUT2D eigenvalue weighted by Crippen LogP contribution is -2.36. The number of ketones is 1. The van der Waals surface area contributed by atoms with E-state index in [1.165, 1.54) is 13.0 Å². The van der Waals surface area contributed by atoms with Gasteiger partial charge in [0, 0.05) is 24.7 Å². The van der Waals surface area contributed by atoms with Crippen LogP contribution < -0.4 is 10.3 Å². The first-order chi connectivity index (χ1) is 10.1. The molecular weight excluding hydrogens is 338 g/mol. The van der Waals surface area contributed by atoms with Crippen molar-refractivity contribution >= 4 is 38.6 Å². The minimum absolute atomic E-state index is 0.0887. The summed E-state index contributed by atoms with van der Waals surface area (Å²) in [6.07, 6.45) is 0. The maximum absolute atomic E-state index is 12.3. The lowest BCUT2D eigenvalue weighted by molar-refractivity contribution is 0.101. The highest BCUT2D eigenvalue weighted by Crippen LogP contribution is 2.28. The first kappa shape index (κ1) is 14.3. The number of morpholine rings is 1. The molecule has 1 aromatic carbocycles. The summed E-state index contributed by atoms with van der Waals surface area (Å²) in [5.74, 6) is 0.446. The topological polar surface area (TPSA) is 59.8 Å². The van der Waals surface area contributed by atoms with Crippen LogP contribution in [-0.2, 0) is 4.74 Å². The zero-order chi connectivity index (χ0) is 15.0. The summed E-state index contributed by atoms with van der Waals surface area (Å²) in [5.41, 5.74) is 0.802. The molecule has 1 saturated heterocycles. The molecule has 5 nitrogen and oxygen atoms in total. The van der Waals surface area contributed by atoms with Crippen LogP contribution in [0.25, 0.3) is 11.0 Å². The quantitative estimate of drug-likeness (QED) is 0.778. The van der Waals surface area contributed by atoms with Gasteiger partial charge in [-0.3, -0.25) is 9.59 Å². The SMILES string of the molecule is CC(=O)c1cc(Br)c2oc(N3CCOCC3)cc(=O)c2c1. The van der Waals surface area contributed by atoms with Gasteiger partial charge in [-0.2, -0.15) is 0 Å². The van der Waals surface area contributed by atoms with E-state index in [0.717, 1.165) is 0 Å². The van der Waals surface area contributed by atoms with Crippen LogP contribution >= 0.6 is 15.9 Å². The van der Waals surface area contributed by atoms with E-state index in [9.17, 15) is 9.59 Å². The second kappa shape index (κ2) is 5.61. The highest BCUT2D eigenvalue weighted by atomic mass is 79.9. The Kier molecular flexibility index (Phi) is 3.82. The van der Waals surface area contributed by atoms with Crippen molar-refractivity contribution in [1.29, 1.82) is 0 Å². The molecule has 1 fully saturated rings. The zero-order valence-corrected chi connectivity index (χ0v) is 13.1. The maximum Gasteiger partial charge on any atom is 0.200 e. The van der Waals surface area contributed by atoms with Crippen molar-refractivity contribution in [3.8, 4) is 0 Å². The molecule has 0 N–H and O–H groups in total. The van der Waals surface area contributed by atoms with Crippen molar-refractivity contribution in [3.05, 3.63) is 38.5 Å². The van der Waals surface area contributed by atoms with Crippen LogP contribution in [0.1, 0.15) is 17.3 Å². The number of carbonyl (C=O) groups is 1. The molecule has 2 aromatic rings. The highest BCUT2D eigenvalue weighted by molar-refractivity contribution is 9.10. The lowest BCUT2D eigenvalue weighted by atomic mass is 10.1. The number of anilines is 1. The average Bonchev–Trinajstić information content (AvgIpc) is 2.48. The lowest BCUT2D eigenvalue weighted by Gasteiger charge is -2.27. The minimum atomic E-state index is -0.151. The van der Waals surface area contributed by atoms with Crippen molar-refractivity contribution in [2.75, 3.05) is 31.2 Å². The number of carbonyl (C=O) groups excluding carboxylic acids is 1. The van der Waals surface area contributed by atoms with Crippen molar-refractivity contribution in [2.45, 2.75) is 6.92 Å². The van der Waals surface area contributed by atoms with Crippen LogP contribution in [0.3, 0.4) is 0 Å². The van der Waals surface area contributed by atoms with Gasteiger partial charge in [-0.25, -0.2) is 0 Å². The molecule has 1 aliphatic rings. The predicted octanol–water partition coefficient (Wildman–Crippen LogP) is 2.59. The molecule has 1 aliphatic heterocycles. The number of rotatable bonds is 2. The van der Waals surface area contributed by atoms with Gasteiger partial charge in [-0.15, -0.1) is 0 Å². The van der Waals surface area contributed by atoms with Crippen LogP contribution in [-0.4, -0.2) is 32.1 Å². The summed E-state index contributed by atoms with van der Waals surface area (Å²) in [4.78, 5) is 25.8. The molecule has 0 spiro atoms. The van der Waals surface area contributed by atoms with Crippen LogP contribution in [0, 0.1) is 0 Å². The molecule has 0 unspecified atom stereocenters. The van der Waals surface area contributed by atoms with E-state index in [-0.39, 0.29) is 11.2 Å². The Balaban J connectivity index is 2.15. The molecule has 0 amide bonds. The summed E-state index contributed by atoms with van der Waals surface area (Å²) < 4.78 is 11.8. The van der Waals surface area contributed by atoms with E-state index in [1.54, 1.807) is 12.1 Å². The number of ether oxygens (including phenoxy) is 1. The van der Waals surface area contributed by atoms with Crippen molar-refractivity contribution in [3.63, 3.8) is 0 Å². The third-order valence-electron chi connectivity index (χ3n) is 3.50. The first-order valence-electron chi connectivity index (χ1n) is 6.67. The molecular formula is C15H14BrNO4. The molecule has 0 aliphatic carbocycles. The van der Waals surface area contributed by atoms with E-state index in [0.29, 0.717) is 53.2 Å². The second-order valence-electron chi connectivity index (χ2n) is 4.94. The standard InChI is InChI=1S/C15H14BrNO4/c1-9(18)10-6-11-13(19)8-14(17-2-4-20-5-3-17)21-15(11)12(16)7-10/h6-8H,2-5H2,1H3. The fraction of sp³-hybridized carbons (Fsp3) is 0.333. The van der Waals surface area contributed by atoms with Crippen molar-refractivity contribution in [2.24, 2.45) is 0 Å². The number of nitrogens with zero attached hydrogens (tertiary/aromatic N) is 1. The Hall–Kier alpha value is -1.66. The maximum atomic E-state index is 12.3. The molecule has 0 bridgehead atoms. The van der Waals surface area contributed by atoms with E-state index in [2.05, 4.69) is 15.9 Å². The third kappa shape index (κ3) is 2.73. The molecule has 110 valence electrons. The van der Waals surface area contributed by atoms with Gasteiger partial charge in [0.1, 0.15) is 0 Å². The largest absolute Gasteiger partial charge is 0.439 e. The van der Waals surface area contributed by atoms with Crippen molar-refractivity contribution in [1.82, 2.24) is 0 Å². The molecule has 1 aromatic heterocycles. The van der Waals surface area contributed by atoms with Gasteiger partial charge in [0.05, 0.1) is 23.1 Å². The van der Waals surface area contributed by atoms with Crippen LogP contribution in [0.15, 0.2) is 31.9 Å². The fourth-order valence-electron chi connectivity index (χ4n) is 2.35. The van der Waals surface area contributed by atoms with Gasteiger partial charge in [0.25, 0.3) is 0 Å². The first-order valence-corrected chi connectivity index (χ1v) is 7.46. The molecule has 0 saturated carbocycles. The van der Waals surface area contributed by atoms with Crippen LogP contribution in [0.4, 0.5) is 5.88 Å². The normalized spacial score (nSPS) is 15.4. The monoisotopic (exact) mass is 351 g/mol. The molecule has 0 radical (unpaired) electrons. The van der Waals surface area contributed by atoms with E-state index >= 15 is 0 Å². The summed E-state index contributed by atoms with van der Waals surface area (Å²) in [6, 6.07) is 4.73. The van der Waals surface area contributed by atoms with Gasteiger partial charge in [-0.05, 0) is 35.0 Å². The Morgan fingerprint density at radius 3 is 2.62 bits per heavy atom. The summed E-state index contributed by atoms with van der Waals surface area (Å²) in [5, 5.41) is 0.409. The molecule has 0 atom stereocenters. The Morgan fingerprint density at radius 1 is 1.24 bits per heavy atom. The van der Waals surface area contributed by atoms with Gasteiger partial charge in [0.2, 0.25) is 0 Å². The summed E-state index contributed by atoms with van der Waals surface area (Å²) in [7, 11) is 0. The Labute approximate surface area is 129 Å². The third-order valence-corrected chi connectivity index (χ3v) is 4.09. The van der Waals surface area contributed by atoms with Gasteiger partial charge < -0.3 is 14.1 Å². The Morgan fingerprint density at radius 2 is 1.95 bits per heavy atom. The van der Waals surface area contributed by atoms with Gasteiger partial charge in [-0.1, -0.05) is 0 Å². The minimum Gasteiger partial charge on any atom is -0.439 e. The van der Waals surface area contributed by atoms with E-state index in [4.69, 9.17) is 9.15 Å². The smallest absolute Gasteiger partial charge is 0.200 e. The number of fused-ring (bicyclic) bond motifs is 1. The van der Waals surface area contributed by atoms with E-state index in [1.807, 2.05) is 4.90 Å². The van der Waals surface area contributed by atoms with Gasteiger partial charge >= 0.3 is 0 Å². The van der Waals surface area contributed by atoms with Crippen LogP contribution in [0.2, 0.25) is 0 Å². The van der Waals surface area contributed by atoms with E-state index < -0.39 is 0 Å². The average molecular weight is 352 g/mol. The predicted molar refractivity (Wildman–Crippen MR) is 83.2 cm³/mol. The molecule has 21 heavy (non-hydrogen) atoms. The fourth-order valence-corrected chi connectivity index (χ4v) is 2.89. The molecule has 2 heterocycles. The zero-order valence-electron chi connectivity index (χ0n) is 11.5. The number of benzene rings is 1. The number of halogens is 1. The van der Waals surface area contributed by atoms with Crippen LogP contribution in [0.5, 0.6) is 0 Å². The van der Waals surface area contributed by atoms with Gasteiger partial charge in [0.15, 0.2) is 22.7 Å². The molecule has 6 heteroatoms. The number of hydrogen-bond acceptors (Lipinski definition) is 5. The number of Topliss-reactive ketones (excluding diaryl/α,β-unsaturated/α-hetero) is 1. The summed E-state index contributed by atoms with van der Waals surface area (Å²) >= 11 is 3.38. The van der Waals surface area contributed by atoms with Crippen molar-refractivity contribution < 1.29 is 13.9 Å². The molecule has 3 rings (SSSR count).